The van der Waals surface area contributed by atoms with Crippen LogP contribution in [0.3, 0.4) is 0 Å². The fraction of sp³-hybridized carbons (Fsp3) is 0.231. The molecule has 0 saturated heterocycles. The van der Waals surface area contributed by atoms with Gasteiger partial charge in [0, 0.05) is 30.2 Å². The third kappa shape index (κ3) is 1.76. The van der Waals surface area contributed by atoms with E-state index in [9.17, 15) is 0 Å². The second kappa shape index (κ2) is 3.93. The molecule has 16 heavy (non-hydrogen) atoms. The van der Waals surface area contributed by atoms with Gasteiger partial charge in [-0.15, -0.1) is 0 Å². The van der Waals surface area contributed by atoms with Gasteiger partial charge in [0.25, 0.3) is 0 Å². The first-order valence-corrected chi connectivity index (χ1v) is 5.57. The third-order valence-corrected chi connectivity index (χ3v) is 2.77. The summed E-state index contributed by atoms with van der Waals surface area (Å²) in [6.45, 7) is 0.953. The van der Waals surface area contributed by atoms with Gasteiger partial charge in [0.1, 0.15) is 5.84 Å². The Morgan fingerprint density at radius 1 is 1.19 bits per heavy atom. The SMILES string of the molecule is c1cnc2cc(NC3=NCCC3)ccc2c1. The molecule has 0 saturated carbocycles. The molecule has 1 aliphatic rings. The van der Waals surface area contributed by atoms with Crippen molar-refractivity contribution in [1.29, 1.82) is 0 Å². The van der Waals surface area contributed by atoms with Crippen molar-refractivity contribution in [2.24, 2.45) is 4.99 Å². The molecule has 1 aromatic carbocycles. The first-order chi connectivity index (χ1) is 7.92. The largest absolute Gasteiger partial charge is 0.344 e. The Balaban J connectivity index is 1.92. The molecule has 0 unspecified atom stereocenters. The van der Waals surface area contributed by atoms with Crippen LogP contribution in [0.5, 0.6) is 0 Å². The third-order valence-electron chi connectivity index (χ3n) is 2.77. The number of anilines is 1. The van der Waals surface area contributed by atoms with E-state index in [0.29, 0.717) is 0 Å². The highest BCUT2D eigenvalue weighted by Crippen LogP contribution is 2.18. The van der Waals surface area contributed by atoms with Crippen molar-refractivity contribution in [3.63, 3.8) is 0 Å². The molecule has 0 radical (unpaired) electrons. The van der Waals surface area contributed by atoms with E-state index in [0.717, 1.165) is 36.4 Å². The molecule has 0 spiro atoms. The highest BCUT2D eigenvalue weighted by molar-refractivity contribution is 5.97. The molecular weight excluding hydrogens is 198 g/mol. The summed E-state index contributed by atoms with van der Waals surface area (Å²) in [6, 6.07) is 10.2. The van der Waals surface area contributed by atoms with Crippen LogP contribution in [0, 0.1) is 0 Å². The lowest BCUT2D eigenvalue weighted by molar-refractivity contribution is 0.951. The zero-order chi connectivity index (χ0) is 10.8. The summed E-state index contributed by atoms with van der Waals surface area (Å²) in [5, 5.41) is 4.51. The number of pyridine rings is 1. The molecule has 3 heteroatoms. The number of hydrogen-bond donors (Lipinski definition) is 1. The molecule has 0 bridgehead atoms. The molecule has 2 aromatic rings. The number of nitrogens with one attached hydrogen (secondary N) is 1. The molecule has 0 aliphatic carbocycles. The topological polar surface area (TPSA) is 37.3 Å². The molecule has 0 atom stereocenters. The van der Waals surface area contributed by atoms with Crippen molar-refractivity contribution in [2.75, 3.05) is 11.9 Å². The lowest BCUT2D eigenvalue weighted by atomic mass is 10.2. The lowest BCUT2D eigenvalue weighted by Crippen LogP contribution is -2.07. The van der Waals surface area contributed by atoms with Gasteiger partial charge in [-0.3, -0.25) is 9.98 Å². The van der Waals surface area contributed by atoms with Gasteiger partial charge < -0.3 is 5.32 Å². The van der Waals surface area contributed by atoms with Crippen molar-refractivity contribution in [3.05, 3.63) is 36.5 Å². The molecule has 1 N–H and O–H groups in total. The van der Waals surface area contributed by atoms with Crippen molar-refractivity contribution >= 4 is 22.4 Å². The minimum atomic E-state index is 0.953. The average Bonchev–Trinajstić information content (AvgIpc) is 2.82. The second-order valence-electron chi connectivity index (χ2n) is 3.97. The Hall–Kier alpha value is -1.90. The summed E-state index contributed by atoms with van der Waals surface area (Å²) >= 11 is 0. The predicted molar refractivity (Wildman–Crippen MR) is 66.9 cm³/mol. The molecule has 2 heterocycles. The Morgan fingerprint density at radius 2 is 2.19 bits per heavy atom. The normalized spacial score (nSPS) is 15.1. The van der Waals surface area contributed by atoms with Crippen LogP contribution < -0.4 is 5.32 Å². The van der Waals surface area contributed by atoms with Gasteiger partial charge >= 0.3 is 0 Å². The Labute approximate surface area is 94.2 Å². The zero-order valence-electron chi connectivity index (χ0n) is 8.98. The first-order valence-electron chi connectivity index (χ1n) is 5.57. The van der Waals surface area contributed by atoms with Crippen LogP contribution in [0.2, 0.25) is 0 Å². The van der Waals surface area contributed by atoms with Crippen molar-refractivity contribution < 1.29 is 0 Å². The summed E-state index contributed by atoms with van der Waals surface area (Å²) in [7, 11) is 0. The van der Waals surface area contributed by atoms with E-state index in [2.05, 4.69) is 39.6 Å². The number of fused-ring (bicyclic) bond motifs is 1. The van der Waals surface area contributed by atoms with Gasteiger partial charge in [0.2, 0.25) is 0 Å². The van der Waals surface area contributed by atoms with Crippen LogP contribution in [0.25, 0.3) is 10.9 Å². The number of benzene rings is 1. The van der Waals surface area contributed by atoms with Crippen molar-refractivity contribution in [3.8, 4) is 0 Å². The monoisotopic (exact) mass is 211 g/mol. The minimum Gasteiger partial charge on any atom is -0.344 e. The number of rotatable bonds is 1. The summed E-state index contributed by atoms with van der Waals surface area (Å²) < 4.78 is 0. The van der Waals surface area contributed by atoms with E-state index in [1.807, 2.05) is 12.3 Å². The van der Waals surface area contributed by atoms with Gasteiger partial charge in [0.15, 0.2) is 0 Å². The highest BCUT2D eigenvalue weighted by Gasteiger charge is 2.06. The smallest absolute Gasteiger partial charge is 0.101 e. The molecule has 3 nitrogen and oxygen atoms in total. The maximum absolute atomic E-state index is 4.40. The molecule has 0 fully saturated rings. The summed E-state index contributed by atoms with van der Waals surface area (Å²) in [6.07, 6.45) is 4.04. The standard InChI is InChI=1S/C13H13N3/c1-3-10-5-6-11(9-12(10)14-7-1)16-13-4-2-8-15-13/h1,3,5-7,9H,2,4,8H2,(H,15,16). The molecule has 1 aromatic heterocycles. The highest BCUT2D eigenvalue weighted by atomic mass is 15.0. The van der Waals surface area contributed by atoms with E-state index in [4.69, 9.17) is 0 Å². The number of aromatic nitrogens is 1. The molecule has 0 amide bonds. The Kier molecular flexibility index (Phi) is 2.29. The van der Waals surface area contributed by atoms with Crippen LogP contribution in [0.15, 0.2) is 41.5 Å². The molecule has 1 aliphatic heterocycles. The van der Waals surface area contributed by atoms with Crippen LogP contribution in [-0.4, -0.2) is 17.4 Å². The van der Waals surface area contributed by atoms with Gasteiger partial charge in [-0.1, -0.05) is 12.1 Å². The van der Waals surface area contributed by atoms with Crippen LogP contribution in [0.1, 0.15) is 12.8 Å². The van der Waals surface area contributed by atoms with E-state index >= 15 is 0 Å². The van der Waals surface area contributed by atoms with Crippen molar-refractivity contribution in [2.45, 2.75) is 12.8 Å². The minimum absolute atomic E-state index is 0.953. The van der Waals surface area contributed by atoms with E-state index in [1.54, 1.807) is 0 Å². The zero-order valence-corrected chi connectivity index (χ0v) is 8.98. The summed E-state index contributed by atoms with van der Waals surface area (Å²) in [4.78, 5) is 8.73. The fourth-order valence-corrected chi connectivity index (χ4v) is 1.95. The number of hydrogen-bond acceptors (Lipinski definition) is 3. The Bertz CT molecular complexity index is 546. The van der Waals surface area contributed by atoms with Crippen LogP contribution >= 0.6 is 0 Å². The molecule has 80 valence electrons. The van der Waals surface area contributed by atoms with Crippen LogP contribution in [-0.2, 0) is 0 Å². The first kappa shape index (κ1) is 9.33. The quantitative estimate of drug-likeness (QED) is 0.787. The summed E-state index contributed by atoms with van der Waals surface area (Å²) in [5.74, 6) is 1.09. The fourth-order valence-electron chi connectivity index (χ4n) is 1.95. The maximum atomic E-state index is 4.40. The maximum Gasteiger partial charge on any atom is 0.101 e. The van der Waals surface area contributed by atoms with E-state index in [-0.39, 0.29) is 0 Å². The van der Waals surface area contributed by atoms with Gasteiger partial charge in [-0.05, 0) is 24.6 Å². The summed E-state index contributed by atoms with van der Waals surface area (Å²) in [5.41, 5.74) is 2.10. The lowest BCUT2D eigenvalue weighted by Gasteiger charge is -2.06. The second-order valence-corrected chi connectivity index (χ2v) is 3.97. The molecule has 3 rings (SSSR count). The van der Waals surface area contributed by atoms with Crippen molar-refractivity contribution in [1.82, 2.24) is 4.98 Å². The van der Waals surface area contributed by atoms with Crippen LogP contribution in [0.4, 0.5) is 5.69 Å². The number of nitrogens with zero attached hydrogens (tertiary/aromatic N) is 2. The molecular formula is C13H13N3. The number of amidine groups is 1. The van der Waals surface area contributed by atoms with Gasteiger partial charge in [0.05, 0.1) is 5.52 Å². The predicted octanol–water partition coefficient (Wildman–Crippen LogP) is 2.84. The number of aliphatic imine (C=N–C) groups is 1. The Morgan fingerprint density at radius 3 is 3.06 bits per heavy atom. The van der Waals surface area contributed by atoms with Gasteiger partial charge in [-0.25, -0.2) is 0 Å². The van der Waals surface area contributed by atoms with E-state index < -0.39 is 0 Å². The van der Waals surface area contributed by atoms with Gasteiger partial charge in [-0.2, -0.15) is 0 Å². The average molecular weight is 211 g/mol. The van der Waals surface area contributed by atoms with E-state index in [1.165, 1.54) is 5.39 Å².